The van der Waals surface area contributed by atoms with E-state index in [9.17, 15) is 4.79 Å². The van der Waals surface area contributed by atoms with Gasteiger partial charge in [-0.3, -0.25) is 4.79 Å². The van der Waals surface area contributed by atoms with Crippen molar-refractivity contribution >= 4 is 40.7 Å². The number of nitrogens with one attached hydrogen (secondary N) is 1. The first-order valence-electron chi connectivity index (χ1n) is 4.06. The van der Waals surface area contributed by atoms with Crippen LogP contribution < -0.4 is 5.32 Å². The zero-order valence-electron chi connectivity index (χ0n) is 7.69. The summed E-state index contributed by atoms with van der Waals surface area (Å²) in [6.45, 7) is 3.67. The molecule has 1 N–H and O–H groups in total. The molecule has 15 heavy (non-hydrogen) atoms. The highest BCUT2D eigenvalue weighted by atomic mass is 35.5. The van der Waals surface area contributed by atoms with Gasteiger partial charge in [0.25, 0.3) is 5.91 Å². The summed E-state index contributed by atoms with van der Waals surface area (Å²) in [7, 11) is 0. The van der Waals surface area contributed by atoms with Gasteiger partial charge >= 0.3 is 0 Å². The first-order valence-corrected chi connectivity index (χ1v) is 5.20. The lowest BCUT2D eigenvalue weighted by molar-refractivity contribution is 0.0957. The molecule has 0 aliphatic heterocycles. The number of benzene rings is 1. The van der Waals surface area contributed by atoms with Crippen LogP contribution in [-0.2, 0) is 0 Å². The topological polar surface area (TPSA) is 29.1 Å². The van der Waals surface area contributed by atoms with E-state index in [2.05, 4.69) is 11.9 Å². The molecule has 0 radical (unpaired) electrons. The molecule has 0 bridgehead atoms. The van der Waals surface area contributed by atoms with Crippen LogP contribution in [0.15, 0.2) is 29.8 Å². The Morgan fingerprint density at radius 2 is 1.80 bits per heavy atom. The molecule has 5 heteroatoms. The normalized spacial score (nSPS) is 9.80. The van der Waals surface area contributed by atoms with Crippen LogP contribution in [-0.4, -0.2) is 12.5 Å². The van der Waals surface area contributed by atoms with Crippen LogP contribution >= 0.6 is 34.8 Å². The van der Waals surface area contributed by atoms with Crippen LogP contribution in [0.5, 0.6) is 0 Å². The standard InChI is InChI=1S/C10H8Cl3NO/c1-6(11)5-14-10(15)7-2-8(12)4-9(13)3-7/h2-4H,1,5H2,(H,14,15). The van der Waals surface area contributed by atoms with E-state index in [4.69, 9.17) is 34.8 Å². The third-order valence-corrected chi connectivity index (χ3v) is 2.14. The van der Waals surface area contributed by atoms with Gasteiger partial charge in [-0.25, -0.2) is 0 Å². The molecule has 80 valence electrons. The Morgan fingerprint density at radius 1 is 1.27 bits per heavy atom. The van der Waals surface area contributed by atoms with Gasteiger partial charge < -0.3 is 5.32 Å². The quantitative estimate of drug-likeness (QED) is 0.890. The second kappa shape index (κ2) is 5.40. The van der Waals surface area contributed by atoms with Crippen molar-refractivity contribution in [3.63, 3.8) is 0 Å². The van der Waals surface area contributed by atoms with E-state index < -0.39 is 0 Å². The summed E-state index contributed by atoms with van der Waals surface area (Å²) in [6.07, 6.45) is 0. The van der Waals surface area contributed by atoms with Gasteiger partial charge in [-0.15, -0.1) is 0 Å². The van der Waals surface area contributed by atoms with E-state index in [1.165, 1.54) is 12.1 Å². The van der Waals surface area contributed by atoms with Crippen LogP contribution in [0.3, 0.4) is 0 Å². The van der Waals surface area contributed by atoms with Crippen LogP contribution in [0.2, 0.25) is 10.0 Å². The molecule has 1 rings (SSSR count). The summed E-state index contributed by atoms with van der Waals surface area (Å²) in [6, 6.07) is 4.61. The molecule has 0 saturated carbocycles. The molecule has 0 aliphatic rings. The maximum absolute atomic E-state index is 11.5. The van der Waals surface area contributed by atoms with Crippen LogP contribution in [0.4, 0.5) is 0 Å². The van der Waals surface area contributed by atoms with Gasteiger partial charge in [-0.1, -0.05) is 41.4 Å². The van der Waals surface area contributed by atoms with E-state index in [1.807, 2.05) is 0 Å². The summed E-state index contributed by atoms with van der Waals surface area (Å²) < 4.78 is 0. The maximum Gasteiger partial charge on any atom is 0.251 e. The van der Waals surface area contributed by atoms with Gasteiger partial charge in [0.05, 0.1) is 6.54 Å². The molecule has 1 aromatic rings. The zero-order valence-corrected chi connectivity index (χ0v) is 9.96. The number of amides is 1. The Labute approximate surface area is 103 Å². The molecular weight excluding hydrogens is 256 g/mol. The fourth-order valence-corrected chi connectivity index (χ4v) is 1.56. The van der Waals surface area contributed by atoms with E-state index in [-0.39, 0.29) is 12.5 Å². The summed E-state index contributed by atoms with van der Waals surface area (Å²) in [5.41, 5.74) is 0.394. The van der Waals surface area contributed by atoms with Gasteiger partial charge in [0.2, 0.25) is 0 Å². The van der Waals surface area contributed by atoms with E-state index >= 15 is 0 Å². The molecule has 0 aliphatic carbocycles. The average molecular weight is 265 g/mol. The largest absolute Gasteiger partial charge is 0.347 e. The molecule has 0 atom stereocenters. The third-order valence-electron chi connectivity index (χ3n) is 1.57. The van der Waals surface area contributed by atoms with E-state index in [1.54, 1.807) is 6.07 Å². The second-order valence-electron chi connectivity index (χ2n) is 2.86. The van der Waals surface area contributed by atoms with Crippen molar-refractivity contribution < 1.29 is 4.79 Å². The van der Waals surface area contributed by atoms with Crippen molar-refractivity contribution in [3.8, 4) is 0 Å². The van der Waals surface area contributed by atoms with Crippen molar-refractivity contribution in [1.82, 2.24) is 5.32 Å². The smallest absolute Gasteiger partial charge is 0.251 e. The van der Waals surface area contributed by atoms with Crippen molar-refractivity contribution in [3.05, 3.63) is 45.4 Å². The van der Waals surface area contributed by atoms with E-state index in [0.717, 1.165) is 0 Å². The number of carbonyl (C=O) groups is 1. The molecule has 1 amide bonds. The fourth-order valence-electron chi connectivity index (χ4n) is 0.963. The lowest BCUT2D eigenvalue weighted by Gasteiger charge is -2.04. The van der Waals surface area contributed by atoms with Crippen molar-refractivity contribution in [2.75, 3.05) is 6.54 Å². The minimum Gasteiger partial charge on any atom is -0.347 e. The number of carbonyl (C=O) groups excluding carboxylic acids is 1. The monoisotopic (exact) mass is 263 g/mol. The molecule has 0 saturated heterocycles. The minimum absolute atomic E-state index is 0.213. The first-order chi connectivity index (χ1) is 6.99. The molecule has 0 fully saturated rings. The van der Waals surface area contributed by atoms with Gasteiger partial charge in [-0.2, -0.15) is 0 Å². The lowest BCUT2D eigenvalue weighted by Crippen LogP contribution is -2.24. The van der Waals surface area contributed by atoms with Crippen LogP contribution in [0, 0.1) is 0 Å². The predicted molar refractivity (Wildman–Crippen MR) is 63.8 cm³/mol. The number of hydrogen-bond acceptors (Lipinski definition) is 1. The summed E-state index contributed by atoms with van der Waals surface area (Å²) in [4.78, 5) is 11.5. The Hall–Kier alpha value is -0.700. The number of rotatable bonds is 3. The Balaban J connectivity index is 2.77. The molecule has 0 heterocycles. The Kier molecular flexibility index (Phi) is 4.45. The van der Waals surface area contributed by atoms with Gasteiger partial charge in [0.15, 0.2) is 0 Å². The summed E-state index contributed by atoms with van der Waals surface area (Å²) in [5.74, 6) is -0.291. The third kappa shape index (κ3) is 4.12. The van der Waals surface area contributed by atoms with Gasteiger partial charge in [0.1, 0.15) is 0 Å². The Bertz CT molecular complexity index is 383. The highest BCUT2D eigenvalue weighted by molar-refractivity contribution is 6.35. The molecular formula is C10H8Cl3NO. The molecule has 0 unspecified atom stereocenters. The molecule has 0 aromatic heterocycles. The zero-order chi connectivity index (χ0) is 11.4. The summed E-state index contributed by atoms with van der Waals surface area (Å²) in [5, 5.41) is 3.75. The molecule has 2 nitrogen and oxygen atoms in total. The minimum atomic E-state index is -0.291. The van der Waals surface area contributed by atoms with Crippen molar-refractivity contribution in [2.24, 2.45) is 0 Å². The highest BCUT2D eigenvalue weighted by Gasteiger charge is 2.07. The average Bonchev–Trinajstić information content (AvgIpc) is 2.12. The fraction of sp³-hybridized carbons (Fsp3) is 0.100. The SMILES string of the molecule is C=C(Cl)CNC(=O)c1cc(Cl)cc(Cl)c1. The predicted octanol–water partition coefficient (Wildman–Crippen LogP) is 3.48. The number of halogens is 3. The number of hydrogen-bond donors (Lipinski definition) is 1. The molecule has 0 spiro atoms. The van der Waals surface area contributed by atoms with Crippen LogP contribution in [0.25, 0.3) is 0 Å². The second-order valence-corrected chi connectivity index (χ2v) is 4.27. The summed E-state index contributed by atoms with van der Waals surface area (Å²) >= 11 is 17.0. The first kappa shape index (κ1) is 12.4. The molecule has 1 aromatic carbocycles. The van der Waals surface area contributed by atoms with Gasteiger partial charge in [0, 0.05) is 20.6 Å². The van der Waals surface area contributed by atoms with Crippen molar-refractivity contribution in [2.45, 2.75) is 0 Å². The van der Waals surface area contributed by atoms with Crippen molar-refractivity contribution in [1.29, 1.82) is 0 Å². The highest BCUT2D eigenvalue weighted by Crippen LogP contribution is 2.18. The Morgan fingerprint density at radius 3 is 2.27 bits per heavy atom. The van der Waals surface area contributed by atoms with Gasteiger partial charge in [-0.05, 0) is 18.2 Å². The van der Waals surface area contributed by atoms with Crippen LogP contribution in [0.1, 0.15) is 10.4 Å². The van der Waals surface area contributed by atoms with E-state index in [0.29, 0.717) is 20.6 Å². The lowest BCUT2D eigenvalue weighted by atomic mass is 10.2. The maximum atomic E-state index is 11.5.